The van der Waals surface area contributed by atoms with E-state index in [0.717, 1.165) is 6.42 Å². The van der Waals surface area contributed by atoms with E-state index in [0.29, 0.717) is 23.5 Å². The van der Waals surface area contributed by atoms with Gasteiger partial charge in [-0.05, 0) is 26.3 Å². The van der Waals surface area contributed by atoms with Crippen LogP contribution in [0.3, 0.4) is 0 Å². The number of rotatable bonds is 5. The van der Waals surface area contributed by atoms with Crippen LogP contribution in [0.5, 0.6) is 0 Å². The summed E-state index contributed by atoms with van der Waals surface area (Å²) in [5.41, 5.74) is 1.70. The lowest BCUT2D eigenvalue weighted by Crippen LogP contribution is -2.37. The number of ether oxygens (including phenoxy) is 1. The van der Waals surface area contributed by atoms with Gasteiger partial charge in [-0.1, -0.05) is 6.92 Å². The van der Waals surface area contributed by atoms with Crippen LogP contribution in [0.2, 0.25) is 0 Å². The lowest BCUT2D eigenvalue weighted by atomic mass is 10.1. The molecule has 0 saturated heterocycles. The molecule has 0 spiro atoms. The number of esters is 1. The van der Waals surface area contributed by atoms with Gasteiger partial charge in [0.15, 0.2) is 0 Å². The minimum absolute atomic E-state index is 0.0516. The van der Waals surface area contributed by atoms with Crippen LogP contribution in [0.4, 0.5) is 0 Å². The van der Waals surface area contributed by atoms with Crippen LogP contribution in [-0.2, 0) is 9.53 Å². The van der Waals surface area contributed by atoms with E-state index in [9.17, 15) is 9.59 Å². The molecule has 1 rings (SSSR count). The van der Waals surface area contributed by atoms with E-state index in [4.69, 9.17) is 0 Å². The van der Waals surface area contributed by atoms with E-state index in [-0.39, 0.29) is 12.5 Å². The van der Waals surface area contributed by atoms with Crippen LogP contribution >= 0.6 is 0 Å². The van der Waals surface area contributed by atoms with Crippen molar-refractivity contribution in [2.75, 3.05) is 20.2 Å². The zero-order chi connectivity index (χ0) is 14.4. The van der Waals surface area contributed by atoms with Gasteiger partial charge in [0.1, 0.15) is 6.54 Å². The van der Waals surface area contributed by atoms with Crippen LogP contribution < -0.4 is 0 Å². The predicted molar refractivity (Wildman–Crippen MR) is 69.7 cm³/mol. The Balaban J connectivity index is 2.98. The number of aryl methyl sites for hydroxylation is 2. The highest BCUT2D eigenvalue weighted by Crippen LogP contribution is 2.10. The number of nitrogens with zero attached hydrogens (tertiary/aromatic N) is 3. The first-order chi connectivity index (χ1) is 8.99. The second kappa shape index (κ2) is 6.82. The van der Waals surface area contributed by atoms with E-state index < -0.39 is 5.97 Å². The highest BCUT2D eigenvalue weighted by atomic mass is 16.5. The largest absolute Gasteiger partial charge is 0.468 e. The Morgan fingerprint density at radius 2 is 2.00 bits per heavy atom. The summed E-state index contributed by atoms with van der Waals surface area (Å²) in [5, 5.41) is 7.82. The van der Waals surface area contributed by atoms with Crippen molar-refractivity contribution in [3.8, 4) is 0 Å². The Hall–Kier alpha value is -1.98. The van der Waals surface area contributed by atoms with Gasteiger partial charge in [0.05, 0.1) is 24.1 Å². The number of carbonyl (C=O) groups is 2. The molecule has 1 heterocycles. The minimum atomic E-state index is -0.432. The number of carbonyl (C=O) groups excluding carboxylic acids is 2. The van der Waals surface area contributed by atoms with Gasteiger partial charge < -0.3 is 9.64 Å². The maximum Gasteiger partial charge on any atom is 0.325 e. The third-order valence-electron chi connectivity index (χ3n) is 2.66. The third-order valence-corrected chi connectivity index (χ3v) is 2.66. The van der Waals surface area contributed by atoms with Gasteiger partial charge in [0.2, 0.25) is 0 Å². The van der Waals surface area contributed by atoms with E-state index >= 15 is 0 Å². The summed E-state index contributed by atoms with van der Waals surface area (Å²) in [6, 6.07) is 1.69. The second-order valence-electron chi connectivity index (χ2n) is 4.29. The van der Waals surface area contributed by atoms with Crippen LogP contribution in [-0.4, -0.2) is 47.2 Å². The highest BCUT2D eigenvalue weighted by Gasteiger charge is 2.21. The summed E-state index contributed by atoms with van der Waals surface area (Å²) in [7, 11) is 1.31. The number of methoxy groups -OCH3 is 1. The molecule has 0 aromatic carbocycles. The van der Waals surface area contributed by atoms with Crippen molar-refractivity contribution in [3.05, 3.63) is 23.0 Å². The molecule has 0 N–H and O–H groups in total. The van der Waals surface area contributed by atoms with E-state index in [1.807, 2.05) is 6.92 Å². The normalized spacial score (nSPS) is 10.1. The van der Waals surface area contributed by atoms with E-state index in [2.05, 4.69) is 14.9 Å². The van der Waals surface area contributed by atoms with Gasteiger partial charge in [-0.25, -0.2) is 0 Å². The molecule has 0 saturated carbocycles. The SMILES string of the molecule is CCCN(CC(=O)OC)C(=O)c1cc(C)nnc1C. The standard InChI is InChI=1S/C13H19N3O3/c1-5-6-16(8-12(17)19-4)13(18)11-7-9(2)14-15-10(11)3/h7H,5-6,8H2,1-4H3. The maximum atomic E-state index is 12.4. The van der Waals surface area contributed by atoms with Gasteiger partial charge in [0, 0.05) is 6.54 Å². The quantitative estimate of drug-likeness (QED) is 0.746. The zero-order valence-electron chi connectivity index (χ0n) is 11.8. The summed E-state index contributed by atoms with van der Waals surface area (Å²) in [5.74, 6) is -0.652. The highest BCUT2D eigenvalue weighted by molar-refractivity contribution is 5.96. The molecule has 0 fully saturated rings. The summed E-state index contributed by atoms with van der Waals surface area (Å²) < 4.78 is 4.61. The van der Waals surface area contributed by atoms with E-state index in [1.165, 1.54) is 12.0 Å². The van der Waals surface area contributed by atoms with Crippen molar-refractivity contribution >= 4 is 11.9 Å². The molecule has 1 aromatic heterocycles. The molecule has 104 valence electrons. The molecular weight excluding hydrogens is 246 g/mol. The fourth-order valence-electron chi connectivity index (χ4n) is 1.68. The number of amides is 1. The molecule has 0 radical (unpaired) electrons. The number of hydrogen-bond acceptors (Lipinski definition) is 5. The molecule has 0 atom stereocenters. The molecule has 19 heavy (non-hydrogen) atoms. The lowest BCUT2D eigenvalue weighted by Gasteiger charge is -2.21. The van der Waals surface area contributed by atoms with Gasteiger partial charge in [-0.3, -0.25) is 9.59 Å². The molecule has 0 bridgehead atoms. The summed E-state index contributed by atoms with van der Waals surface area (Å²) in [4.78, 5) is 25.2. The summed E-state index contributed by atoms with van der Waals surface area (Å²) in [6.07, 6.45) is 0.763. The van der Waals surface area contributed by atoms with Crippen LogP contribution in [0.25, 0.3) is 0 Å². The molecule has 1 aromatic rings. The van der Waals surface area contributed by atoms with Crippen molar-refractivity contribution in [2.24, 2.45) is 0 Å². The lowest BCUT2D eigenvalue weighted by molar-refractivity contribution is -0.141. The Morgan fingerprint density at radius 1 is 1.32 bits per heavy atom. The molecule has 6 nitrogen and oxygen atoms in total. The average molecular weight is 265 g/mol. The summed E-state index contributed by atoms with van der Waals surface area (Å²) >= 11 is 0. The van der Waals surface area contributed by atoms with Gasteiger partial charge in [0.25, 0.3) is 5.91 Å². The average Bonchev–Trinajstić information content (AvgIpc) is 2.40. The maximum absolute atomic E-state index is 12.4. The monoisotopic (exact) mass is 265 g/mol. The second-order valence-corrected chi connectivity index (χ2v) is 4.29. The molecule has 6 heteroatoms. The van der Waals surface area contributed by atoms with Gasteiger partial charge in [-0.15, -0.1) is 0 Å². The first-order valence-electron chi connectivity index (χ1n) is 6.16. The van der Waals surface area contributed by atoms with Gasteiger partial charge >= 0.3 is 5.97 Å². The Kier molecular flexibility index (Phi) is 5.41. The van der Waals surface area contributed by atoms with E-state index in [1.54, 1.807) is 19.9 Å². The first-order valence-corrected chi connectivity index (χ1v) is 6.16. The molecule has 0 aliphatic rings. The fraction of sp³-hybridized carbons (Fsp3) is 0.538. The van der Waals surface area contributed by atoms with Crippen molar-refractivity contribution in [3.63, 3.8) is 0 Å². The minimum Gasteiger partial charge on any atom is -0.468 e. The molecule has 0 aliphatic carbocycles. The van der Waals surface area contributed by atoms with Crippen molar-refractivity contribution in [2.45, 2.75) is 27.2 Å². The topological polar surface area (TPSA) is 72.4 Å². The molecule has 0 unspecified atom stereocenters. The van der Waals surface area contributed by atoms with Crippen LogP contribution in [0.15, 0.2) is 6.07 Å². The predicted octanol–water partition coefficient (Wildman–Crippen LogP) is 1.12. The summed E-state index contributed by atoms with van der Waals surface area (Å²) in [6.45, 7) is 5.88. The van der Waals surface area contributed by atoms with Gasteiger partial charge in [-0.2, -0.15) is 10.2 Å². The Morgan fingerprint density at radius 3 is 2.58 bits per heavy atom. The zero-order valence-corrected chi connectivity index (χ0v) is 11.8. The first kappa shape index (κ1) is 15.1. The van der Waals surface area contributed by atoms with Crippen molar-refractivity contribution in [1.82, 2.24) is 15.1 Å². The molecule has 0 aliphatic heterocycles. The number of aromatic nitrogens is 2. The van der Waals surface area contributed by atoms with Crippen molar-refractivity contribution < 1.29 is 14.3 Å². The number of hydrogen-bond donors (Lipinski definition) is 0. The Bertz CT molecular complexity index is 474. The van der Waals surface area contributed by atoms with Crippen LogP contribution in [0, 0.1) is 13.8 Å². The smallest absolute Gasteiger partial charge is 0.325 e. The van der Waals surface area contributed by atoms with Crippen molar-refractivity contribution in [1.29, 1.82) is 0 Å². The molecule has 1 amide bonds. The Labute approximate surface area is 112 Å². The third kappa shape index (κ3) is 4.01. The molecular formula is C13H19N3O3. The fourth-order valence-corrected chi connectivity index (χ4v) is 1.68. The van der Waals surface area contributed by atoms with Crippen LogP contribution in [0.1, 0.15) is 35.1 Å².